The van der Waals surface area contributed by atoms with E-state index in [2.05, 4.69) is 15.6 Å². The Bertz CT molecular complexity index is 884. The molecule has 0 bridgehead atoms. The zero-order valence-electron chi connectivity index (χ0n) is 18.0. The summed E-state index contributed by atoms with van der Waals surface area (Å²) in [7, 11) is 1.66. The van der Waals surface area contributed by atoms with Crippen LogP contribution >= 0.6 is 11.3 Å². The van der Waals surface area contributed by atoms with Crippen molar-refractivity contribution in [1.29, 1.82) is 0 Å². The normalized spacial score (nSPS) is 17.6. The molecule has 1 aliphatic heterocycles. The van der Waals surface area contributed by atoms with Crippen molar-refractivity contribution in [1.82, 2.24) is 20.1 Å². The monoisotopic (exact) mass is 442 g/mol. The lowest BCUT2D eigenvalue weighted by atomic mass is 10.1. The van der Waals surface area contributed by atoms with Gasteiger partial charge in [0.2, 0.25) is 11.8 Å². The maximum absolute atomic E-state index is 12.5. The molecule has 1 aromatic heterocycles. The van der Waals surface area contributed by atoms with Crippen LogP contribution in [0.2, 0.25) is 0 Å². The Hall–Kier alpha value is -2.45. The first kappa shape index (κ1) is 21.8. The molecule has 0 radical (unpaired) electrons. The van der Waals surface area contributed by atoms with Gasteiger partial charge in [0.15, 0.2) is 0 Å². The number of hydrogen-bond acceptors (Lipinski definition) is 6. The Morgan fingerprint density at radius 3 is 2.52 bits per heavy atom. The van der Waals surface area contributed by atoms with Gasteiger partial charge in [-0.25, -0.2) is 4.98 Å². The molecule has 7 nitrogen and oxygen atoms in total. The van der Waals surface area contributed by atoms with Gasteiger partial charge >= 0.3 is 0 Å². The zero-order chi connectivity index (χ0) is 21.6. The molecule has 1 saturated carbocycles. The van der Waals surface area contributed by atoms with Crippen LogP contribution in [-0.2, 0) is 16.1 Å². The molecule has 1 aromatic carbocycles. The molecule has 166 valence electrons. The van der Waals surface area contributed by atoms with Gasteiger partial charge in [-0.05, 0) is 37.1 Å². The minimum Gasteiger partial charge on any atom is -0.497 e. The van der Waals surface area contributed by atoms with E-state index in [0.717, 1.165) is 67.3 Å². The number of rotatable bonds is 7. The summed E-state index contributed by atoms with van der Waals surface area (Å²) in [5.74, 6) is 0.999. The van der Waals surface area contributed by atoms with Gasteiger partial charge in [0, 0.05) is 49.6 Å². The van der Waals surface area contributed by atoms with E-state index in [1.54, 1.807) is 18.4 Å². The average molecular weight is 443 g/mol. The highest BCUT2D eigenvalue weighted by molar-refractivity contribution is 7.13. The smallest absolute Gasteiger partial charge is 0.242 e. The highest BCUT2D eigenvalue weighted by Crippen LogP contribution is 2.26. The predicted molar refractivity (Wildman–Crippen MR) is 121 cm³/mol. The number of nitrogens with one attached hydrogen (secondary N) is 1. The van der Waals surface area contributed by atoms with Gasteiger partial charge in [-0.3, -0.25) is 14.5 Å². The average Bonchev–Trinajstić information content (AvgIpc) is 3.50. The number of aromatic nitrogens is 1. The molecule has 4 rings (SSSR count). The van der Waals surface area contributed by atoms with Crippen molar-refractivity contribution in [3.8, 4) is 16.3 Å². The Balaban J connectivity index is 1.21. The van der Waals surface area contributed by atoms with Crippen LogP contribution in [0.15, 0.2) is 29.6 Å². The predicted octanol–water partition coefficient (Wildman–Crippen LogP) is 2.77. The van der Waals surface area contributed by atoms with Crippen LogP contribution in [0.4, 0.5) is 0 Å². The van der Waals surface area contributed by atoms with Gasteiger partial charge < -0.3 is 15.0 Å². The molecule has 1 N–H and O–H groups in total. The minimum absolute atomic E-state index is 0.0152. The highest BCUT2D eigenvalue weighted by atomic mass is 32.1. The van der Waals surface area contributed by atoms with Crippen LogP contribution in [-0.4, -0.2) is 66.4 Å². The van der Waals surface area contributed by atoms with E-state index in [1.165, 1.54) is 0 Å². The fourth-order valence-electron chi connectivity index (χ4n) is 4.24. The number of benzene rings is 1. The largest absolute Gasteiger partial charge is 0.497 e. The molecule has 0 spiro atoms. The third kappa shape index (κ3) is 5.62. The summed E-state index contributed by atoms with van der Waals surface area (Å²) in [5.41, 5.74) is 2.14. The third-order valence-corrected chi connectivity index (χ3v) is 7.08. The highest BCUT2D eigenvalue weighted by Gasteiger charge is 2.25. The van der Waals surface area contributed by atoms with Crippen molar-refractivity contribution in [2.75, 3.05) is 39.8 Å². The molecule has 2 aromatic rings. The number of carbonyl (C=O) groups excluding carboxylic acids is 2. The first-order valence-electron chi connectivity index (χ1n) is 11.0. The molecule has 1 aliphatic carbocycles. The summed E-state index contributed by atoms with van der Waals surface area (Å²) in [6.07, 6.45) is 4.15. The Morgan fingerprint density at radius 2 is 1.84 bits per heavy atom. The van der Waals surface area contributed by atoms with Crippen LogP contribution in [0.5, 0.6) is 5.75 Å². The molecule has 1 saturated heterocycles. The first-order chi connectivity index (χ1) is 15.1. The van der Waals surface area contributed by atoms with Crippen LogP contribution in [0, 0.1) is 5.92 Å². The maximum Gasteiger partial charge on any atom is 0.242 e. The standard InChI is InChI=1S/C23H30N4O3S/c1-30-20-8-6-18(7-9-20)23-25-19(16-31-23)15-26-10-12-27(13-11-26)21(28)14-24-22(29)17-4-2-3-5-17/h6-9,16-17H,2-5,10-15H2,1H3,(H,24,29). The number of piperazine rings is 1. The second-order valence-corrected chi connectivity index (χ2v) is 9.09. The fraction of sp³-hybridized carbons (Fsp3) is 0.522. The van der Waals surface area contributed by atoms with Crippen LogP contribution in [0.1, 0.15) is 31.4 Å². The fourth-order valence-corrected chi connectivity index (χ4v) is 5.05. The summed E-state index contributed by atoms with van der Waals surface area (Å²) in [6.45, 7) is 3.91. The molecule has 8 heteroatoms. The van der Waals surface area contributed by atoms with Gasteiger partial charge in [-0.1, -0.05) is 12.8 Å². The second kappa shape index (κ2) is 10.2. The van der Waals surface area contributed by atoms with E-state index in [1.807, 2.05) is 29.2 Å². The Morgan fingerprint density at radius 1 is 1.13 bits per heavy atom. The van der Waals surface area contributed by atoms with Gasteiger partial charge in [-0.15, -0.1) is 11.3 Å². The van der Waals surface area contributed by atoms with E-state index in [9.17, 15) is 9.59 Å². The Kier molecular flexibility index (Phi) is 7.19. The summed E-state index contributed by atoms with van der Waals surface area (Å²) < 4.78 is 5.21. The number of carbonyl (C=O) groups is 2. The number of amides is 2. The molecule has 0 unspecified atom stereocenters. The van der Waals surface area contributed by atoms with Crippen molar-refractivity contribution in [3.63, 3.8) is 0 Å². The summed E-state index contributed by atoms with van der Waals surface area (Å²) in [6, 6.07) is 7.94. The number of nitrogens with zero attached hydrogens (tertiary/aromatic N) is 3. The summed E-state index contributed by atoms with van der Waals surface area (Å²) >= 11 is 1.65. The quantitative estimate of drug-likeness (QED) is 0.714. The minimum atomic E-state index is 0.0152. The first-order valence-corrected chi connectivity index (χ1v) is 11.9. The van der Waals surface area contributed by atoms with Crippen molar-refractivity contribution in [2.24, 2.45) is 5.92 Å². The van der Waals surface area contributed by atoms with Gasteiger partial charge in [0.05, 0.1) is 19.3 Å². The third-order valence-electron chi connectivity index (χ3n) is 6.14. The van der Waals surface area contributed by atoms with Crippen molar-refractivity contribution in [2.45, 2.75) is 32.2 Å². The second-order valence-electron chi connectivity index (χ2n) is 8.23. The van der Waals surface area contributed by atoms with E-state index in [4.69, 9.17) is 9.72 Å². The van der Waals surface area contributed by atoms with Gasteiger partial charge in [0.1, 0.15) is 10.8 Å². The lowest BCUT2D eigenvalue weighted by Crippen LogP contribution is -2.51. The van der Waals surface area contributed by atoms with Gasteiger partial charge in [-0.2, -0.15) is 0 Å². The molecular formula is C23H30N4O3S. The topological polar surface area (TPSA) is 74.8 Å². The molecule has 2 heterocycles. The molecule has 31 heavy (non-hydrogen) atoms. The number of ether oxygens (including phenoxy) is 1. The summed E-state index contributed by atoms with van der Waals surface area (Å²) in [4.78, 5) is 33.5. The van der Waals surface area contributed by atoms with E-state index < -0.39 is 0 Å². The zero-order valence-corrected chi connectivity index (χ0v) is 18.8. The lowest BCUT2D eigenvalue weighted by Gasteiger charge is -2.34. The van der Waals surface area contributed by atoms with E-state index >= 15 is 0 Å². The van der Waals surface area contributed by atoms with Crippen molar-refractivity contribution < 1.29 is 14.3 Å². The van der Waals surface area contributed by atoms with Crippen LogP contribution in [0.25, 0.3) is 10.6 Å². The number of hydrogen-bond donors (Lipinski definition) is 1. The summed E-state index contributed by atoms with van der Waals surface area (Å²) in [5, 5.41) is 5.95. The van der Waals surface area contributed by atoms with Crippen molar-refractivity contribution >= 4 is 23.2 Å². The lowest BCUT2D eigenvalue weighted by molar-refractivity contribution is -0.135. The van der Waals surface area contributed by atoms with E-state index in [-0.39, 0.29) is 24.3 Å². The molecular weight excluding hydrogens is 412 g/mol. The van der Waals surface area contributed by atoms with Crippen molar-refractivity contribution in [3.05, 3.63) is 35.3 Å². The Labute approximate surface area is 187 Å². The maximum atomic E-state index is 12.5. The van der Waals surface area contributed by atoms with Gasteiger partial charge in [0.25, 0.3) is 0 Å². The molecule has 2 aliphatic rings. The number of methoxy groups -OCH3 is 1. The molecule has 0 atom stereocenters. The van der Waals surface area contributed by atoms with Crippen LogP contribution in [0.3, 0.4) is 0 Å². The number of thiazole rings is 1. The SMILES string of the molecule is COc1ccc(-c2nc(CN3CCN(C(=O)CNC(=O)C4CCCC4)CC3)cs2)cc1. The van der Waals surface area contributed by atoms with Crippen LogP contribution < -0.4 is 10.1 Å². The van der Waals surface area contributed by atoms with E-state index in [0.29, 0.717) is 13.1 Å². The molecule has 2 amide bonds. The molecule has 2 fully saturated rings.